The Bertz CT molecular complexity index is 551. The summed E-state index contributed by atoms with van der Waals surface area (Å²) in [5.74, 6) is 3.46. The summed E-state index contributed by atoms with van der Waals surface area (Å²) in [7, 11) is 0. The van der Waals surface area contributed by atoms with Gasteiger partial charge in [-0.25, -0.2) is 9.59 Å². The number of rotatable bonds is 3. The molecule has 4 saturated carbocycles. The topological polar surface area (TPSA) is 72.9 Å². The zero-order chi connectivity index (χ0) is 18.6. The maximum atomic E-state index is 12.7. The van der Waals surface area contributed by atoms with Crippen molar-refractivity contribution in [3.63, 3.8) is 0 Å². The van der Waals surface area contributed by atoms with Crippen LogP contribution in [0.3, 0.4) is 0 Å². The van der Waals surface area contributed by atoms with Gasteiger partial charge in [-0.3, -0.25) is 0 Å². The minimum atomic E-state index is -0.881. The van der Waals surface area contributed by atoms with Gasteiger partial charge in [-0.05, 0) is 76.5 Å². The lowest BCUT2D eigenvalue weighted by atomic mass is 9.54. The highest BCUT2D eigenvalue weighted by atomic mass is 16.4. The summed E-state index contributed by atoms with van der Waals surface area (Å²) in [6.07, 6.45) is 5.77. The van der Waals surface area contributed by atoms with Gasteiger partial charge in [0.1, 0.15) is 0 Å². The molecule has 4 aliphatic carbocycles. The first-order valence-electron chi connectivity index (χ1n) is 10.3. The summed E-state index contributed by atoms with van der Waals surface area (Å²) in [6, 6.07) is 0.441. The molecule has 0 unspecified atom stereocenters. The highest BCUT2D eigenvalue weighted by molar-refractivity contribution is 5.75. The van der Waals surface area contributed by atoms with Gasteiger partial charge in [0.2, 0.25) is 0 Å². The van der Waals surface area contributed by atoms with Crippen LogP contribution in [0.1, 0.15) is 52.9 Å². The lowest BCUT2D eigenvalue weighted by Gasteiger charge is -2.55. The molecule has 5 rings (SSSR count). The summed E-state index contributed by atoms with van der Waals surface area (Å²) in [6.45, 7) is 7.57. The average molecular weight is 364 g/mol. The Morgan fingerprint density at radius 3 is 2.04 bits per heavy atom. The van der Waals surface area contributed by atoms with Gasteiger partial charge in [0.25, 0.3) is 0 Å². The van der Waals surface area contributed by atoms with E-state index in [0.717, 1.165) is 11.8 Å². The fourth-order valence-electron chi connectivity index (χ4n) is 6.14. The summed E-state index contributed by atoms with van der Waals surface area (Å²) in [5, 5.41) is 12.8. The number of hydrogen-bond acceptors (Lipinski definition) is 2. The van der Waals surface area contributed by atoms with E-state index < -0.39 is 11.6 Å². The highest BCUT2D eigenvalue weighted by Gasteiger charge is 2.49. The van der Waals surface area contributed by atoms with Crippen molar-refractivity contribution in [1.82, 2.24) is 15.1 Å². The monoisotopic (exact) mass is 363 g/mol. The van der Waals surface area contributed by atoms with Crippen molar-refractivity contribution in [2.75, 3.05) is 19.6 Å². The van der Waals surface area contributed by atoms with E-state index in [1.54, 1.807) is 0 Å². The van der Waals surface area contributed by atoms with Crippen molar-refractivity contribution < 1.29 is 14.7 Å². The Morgan fingerprint density at radius 2 is 1.58 bits per heavy atom. The van der Waals surface area contributed by atoms with E-state index in [1.807, 2.05) is 25.7 Å². The van der Waals surface area contributed by atoms with Crippen LogP contribution >= 0.6 is 0 Å². The van der Waals surface area contributed by atoms with Gasteiger partial charge < -0.3 is 20.2 Å². The number of carboxylic acid groups (broad SMARTS) is 1. The van der Waals surface area contributed by atoms with Crippen LogP contribution in [-0.2, 0) is 0 Å². The maximum Gasteiger partial charge on any atom is 0.407 e. The van der Waals surface area contributed by atoms with Crippen molar-refractivity contribution in [2.45, 2.75) is 64.5 Å². The van der Waals surface area contributed by atoms with Crippen molar-refractivity contribution >= 4 is 12.1 Å². The van der Waals surface area contributed by atoms with Crippen LogP contribution in [0.25, 0.3) is 0 Å². The zero-order valence-corrected chi connectivity index (χ0v) is 16.3. The van der Waals surface area contributed by atoms with E-state index in [4.69, 9.17) is 0 Å². The molecular weight excluding hydrogens is 330 g/mol. The summed E-state index contributed by atoms with van der Waals surface area (Å²) in [4.78, 5) is 27.5. The van der Waals surface area contributed by atoms with Crippen LogP contribution in [-0.4, -0.2) is 58.2 Å². The molecule has 2 N–H and O–H groups in total. The van der Waals surface area contributed by atoms with E-state index in [-0.39, 0.29) is 11.9 Å². The lowest BCUT2D eigenvalue weighted by Crippen LogP contribution is -2.63. The second kappa shape index (κ2) is 6.31. The molecular formula is C20H33N3O3. The van der Waals surface area contributed by atoms with Crippen molar-refractivity contribution in [2.24, 2.45) is 29.6 Å². The number of hydrogen-bond donors (Lipinski definition) is 2. The third-order valence-corrected chi connectivity index (χ3v) is 7.24. The van der Waals surface area contributed by atoms with E-state index >= 15 is 0 Å². The van der Waals surface area contributed by atoms with Gasteiger partial charge in [-0.2, -0.15) is 0 Å². The smallest absolute Gasteiger partial charge is 0.407 e. The van der Waals surface area contributed by atoms with Crippen LogP contribution in [0.5, 0.6) is 0 Å². The van der Waals surface area contributed by atoms with Crippen molar-refractivity contribution in [3.05, 3.63) is 0 Å². The zero-order valence-electron chi connectivity index (χ0n) is 16.3. The van der Waals surface area contributed by atoms with Crippen LogP contribution in [0.15, 0.2) is 0 Å². The minimum Gasteiger partial charge on any atom is -0.465 e. The Balaban J connectivity index is 1.27. The Morgan fingerprint density at radius 1 is 1.04 bits per heavy atom. The van der Waals surface area contributed by atoms with Crippen LogP contribution < -0.4 is 5.32 Å². The molecule has 0 aromatic carbocycles. The molecule has 146 valence electrons. The molecule has 26 heavy (non-hydrogen) atoms. The molecule has 1 aliphatic heterocycles. The molecule has 5 aliphatic rings. The second-order valence-corrected chi connectivity index (χ2v) is 10.2. The molecule has 6 nitrogen and oxygen atoms in total. The van der Waals surface area contributed by atoms with Crippen molar-refractivity contribution in [1.29, 1.82) is 0 Å². The van der Waals surface area contributed by atoms with E-state index in [1.165, 1.54) is 37.0 Å². The van der Waals surface area contributed by atoms with Crippen molar-refractivity contribution in [3.8, 4) is 0 Å². The minimum absolute atomic E-state index is 0.0661. The van der Waals surface area contributed by atoms with Gasteiger partial charge in [-0.15, -0.1) is 0 Å². The van der Waals surface area contributed by atoms with E-state index in [2.05, 4.69) is 5.32 Å². The molecule has 0 aromatic heterocycles. The van der Waals surface area contributed by atoms with Crippen LogP contribution in [0.2, 0.25) is 0 Å². The molecule has 5 fully saturated rings. The maximum absolute atomic E-state index is 12.7. The van der Waals surface area contributed by atoms with E-state index in [0.29, 0.717) is 37.5 Å². The fourth-order valence-corrected chi connectivity index (χ4v) is 6.14. The molecule has 6 heteroatoms. The SMILES string of the molecule is CC(C)(C)N(CC1CN(C(=O)NC2C3CC4CC(C3)CC2C4)C1)C(=O)O. The molecule has 0 spiro atoms. The normalized spacial score (nSPS) is 36.0. The Labute approximate surface area is 156 Å². The number of amides is 3. The fraction of sp³-hybridized carbons (Fsp3) is 0.900. The molecule has 1 heterocycles. The first kappa shape index (κ1) is 17.9. The predicted octanol–water partition coefficient (Wildman–Crippen LogP) is 3.23. The molecule has 4 bridgehead atoms. The number of carbonyl (C=O) groups is 2. The standard InChI is InChI=1S/C20H33N3O3/c1-20(2,3)23(19(25)26)11-14-9-22(10-14)18(24)21-17-15-5-12-4-13(7-15)8-16(17)6-12/h12-17H,4-11H2,1-3H3,(H,21,24)(H,25,26). The predicted molar refractivity (Wildman–Crippen MR) is 98.9 cm³/mol. The highest BCUT2D eigenvalue weighted by Crippen LogP contribution is 2.53. The summed E-state index contributed by atoms with van der Waals surface area (Å²) in [5.41, 5.74) is -0.408. The third kappa shape index (κ3) is 3.27. The number of carbonyl (C=O) groups excluding carboxylic acids is 1. The molecule has 0 radical (unpaired) electrons. The first-order chi connectivity index (χ1) is 12.2. The molecule has 1 saturated heterocycles. The van der Waals surface area contributed by atoms with Gasteiger partial charge in [0, 0.05) is 37.1 Å². The number of nitrogens with one attached hydrogen (secondary N) is 1. The Hall–Kier alpha value is -1.46. The number of urea groups is 1. The van der Waals surface area contributed by atoms with Crippen LogP contribution in [0.4, 0.5) is 9.59 Å². The molecule has 0 atom stereocenters. The number of nitrogens with zero attached hydrogens (tertiary/aromatic N) is 2. The van der Waals surface area contributed by atoms with Gasteiger partial charge >= 0.3 is 12.1 Å². The Kier molecular flexibility index (Phi) is 4.35. The molecule has 3 amide bonds. The second-order valence-electron chi connectivity index (χ2n) is 10.2. The lowest BCUT2D eigenvalue weighted by molar-refractivity contribution is -0.0138. The number of likely N-dealkylation sites (tertiary alicyclic amines) is 1. The first-order valence-corrected chi connectivity index (χ1v) is 10.3. The van der Waals surface area contributed by atoms with E-state index in [9.17, 15) is 14.7 Å². The van der Waals surface area contributed by atoms with Crippen LogP contribution in [0, 0.1) is 29.6 Å². The third-order valence-electron chi connectivity index (χ3n) is 7.24. The van der Waals surface area contributed by atoms with Gasteiger partial charge in [-0.1, -0.05) is 0 Å². The largest absolute Gasteiger partial charge is 0.465 e. The quantitative estimate of drug-likeness (QED) is 0.808. The molecule has 0 aromatic rings. The average Bonchev–Trinajstić information content (AvgIpc) is 2.46. The summed E-state index contributed by atoms with van der Waals surface area (Å²) < 4.78 is 0. The summed E-state index contributed by atoms with van der Waals surface area (Å²) >= 11 is 0. The van der Waals surface area contributed by atoms with Gasteiger partial charge in [0.15, 0.2) is 0 Å². The van der Waals surface area contributed by atoms with Gasteiger partial charge in [0.05, 0.1) is 0 Å².